The minimum Gasteiger partial charge on any atom is -0.324 e. The average Bonchev–Trinajstić information content (AvgIpc) is 1.58. The zero-order valence-corrected chi connectivity index (χ0v) is 63.2. The van der Waals surface area contributed by atoms with Crippen LogP contribution in [0.3, 0.4) is 0 Å². The standard InChI is InChI=1S/C96H58N24/c1-9-34-97-65(17-1)73-26-25-64(56-112-73)88-87(63-33-48-111-80(55-63)72-24-8-16-41-104-72)95-118-93-84(60-30-45-108-77(52-60)69-21-5-13-38-101-69)83(59-29-44-107-76(51-59)68-20-4-12-37-100-68)91(116-93)114-89-81(57-27-42-105-74(49-57)66-18-2-10-35-98-66)82(58-28-43-106-75(50-58)67-19-3-11-36-99-67)90(113-89)115-92-85(61-31-46-109-78(53-61)70-22-6-14-39-102-70)86(94(117-92)119-96(88)120-95)62-32-47-110-79(54-62)71-23-7-15-40-103-71/h1-56H,(H2,113,114,115,116,117,118,119,120). The van der Waals surface area contributed by atoms with Crippen molar-refractivity contribution in [2.75, 3.05) is 0 Å². The fourth-order valence-electron chi connectivity index (χ4n) is 15.0. The molecule has 24 heteroatoms. The molecule has 24 nitrogen and oxygen atoms in total. The second kappa shape index (κ2) is 30.9. The molecule has 0 amide bonds. The van der Waals surface area contributed by atoms with E-state index >= 15 is 0 Å². The van der Waals surface area contributed by atoms with Crippen molar-refractivity contribution >= 4 is 44.9 Å². The van der Waals surface area contributed by atoms with Crippen LogP contribution >= 0.6 is 0 Å². The molecule has 0 spiro atoms. The number of nitrogens with zero attached hydrogens (tertiary/aromatic N) is 22. The zero-order valence-electron chi connectivity index (χ0n) is 63.2. The van der Waals surface area contributed by atoms with Gasteiger partial charge >= 0.3 is 0 Å². The molecule has 2 N–H and O–H groups in total. The third-order valence-corrected chi connectivity index (χ3v) is 20.4. The highest BCUT2D eigenvalue weighted by atomic mass is 15.1. The van der Waals surface area contributed by atoms with Gasteiger partial charge in [-0.1, -0.05) is 54.6 Å². The Balaban J connectivity index is 0.977. The minimum absolute atomic E-state index is 0.235. The van der Waals surface area contributed by atoms with Crippen LogP contribution < -0.4 is 0 Å². The fourth-order valence-corrected chi connectivity index (χ4v) is 15.0. The van der Waals surface area contributed by atoms with E-state index in [-0.39, 0.29) is 23.3 Å². The second-order valence-electron chi connectivity index (χ2n) is 27.8. The van der Waals surface area contributed by atoms with Crippen molar-refractivity contribution in [3.63, 3.8) is 0 Å². The third-order valence-electron chi connectivity index (χ3n) is 20.4. The van der Waals surface area contributed by atoms with E-state index in [1.165, 1.54) is 0 Å². The molecule has 0 fully saturated rings. The summed E-state index contributed by atoms with van der Waals surface area (Å²) in [7, 11) is 0. The van der Waals surface area contributed by atoms with E-state index in [0.29, 0.717) is 203 Å². The van der Waals surface area contributed by atoms with Crippen LogP contribution in [-0.2, 0) is 0 Å². The maximum atomic E-state index is 5.99. The molecule has 2 aliphatic heterocycles. The summed E-state index contributed by atoms with van der Waals surface area (Å²) in [6.45, 7) is 0. The molecule has 0 aliphatic carbocycles. The summed E-state index contributed by atoms with van der Waals surface area (Å²) in [5, 5.41) is 0. The van der Waals surface area contributed by atoms with Crippen molar-refractivity contribution in [1.82, 2.24) is 120 Å². The molecule has 562 valence electrons. The molecule has 2 aliphatic rings. The Bertz CT molecular complexity index is 7290. The summed E-state index contributed by atoms with van der Waals surface area (Å²) < 4.78 is 0. The number of nitrogens with one attached hydrogen (secondary N) is 2. The monoisotopic (exact) mass is 1550 g/mol. The molecule has 8 bridgehead atoms. The molecule has 0 aromatic carbocycles. The first-order chi connectivity index (χ1) is 59.5. The smallest absolute Gasteiger partial charge is 0.165 e. The van der Waals surface area contributed by atoms with Crippen molar-refractivity contribution in [1.29, 1.82) is 0 Å². The Hall–Kier alpha value is -17.3. The Morgan fingerprint density at radius 3 is 0.567 bits per heavy atom. The van der Waals surface area contributed by atoms with E-state index < -0.39 is 0 Å². The number of aromatic nitrogens is 24. The Morgan fingerprint density at radius 2 is 0.350 bits per heavy atom. The number of pyridine rings is 16. The van der Waals surface area contributed by atoms with Gasteiger partial charge in [0.1, 0.15) is 22.6 Å². The van der Waals surface area contributed by atoms with Gasteiger partial charge in [0, 0.05) is 149 Å². The van der Waals surface area contributed by atoms with Crippen molar-refractivity contribution in [3.8, 4) is 136 Å². The lowest BCUT2D eigenvalue weighted by atomic mass is 9.94. The molecule has 19 aromatic heterocycles. The van der Waals surface area contributed by atoms with Gasteiger partial charge in [0.15, 0.2) is 23.3 Å². The van der Waals surface area contributed by atoms with E-state index in [2.05, 4.69) is 9.97 Å². The van der Waals surface area contributed by atoms with E-state index in [9.17, 15) is 0 Å². The van der Waals surface area contributed by atoms with Gasteiger partial charge in [-0.05, 0) is 227 Å². The third kappa shape index (κ3) is 13.7. The summed E-state index contributed by atoms with van der Waals surface area (Å²) in [6, 6.07) is 77.6. The van der Waals surface area contributed by atoms with Gasteiger partial charge in [0.25, 0.3) is 0 Å². The molecule has 0 saturated heterocycles. The Labute approximate surface area is 683 Å². The quantitative estimate of drug-likeness (QED) is 0.0907. The van der Waals surface area contributed by atoms with Gasteiger partial charge in [0.2, 0.25) is 0 Å². The lowest BCUT2D eigenvalue weighted by Crippen LogP contribution is -1.97. The molecule has 0 atom stereocenters. The van der Waals surface area contributed by atoms with Crippen LogP contribution in [0.5, 0.6) is 0 Å². The molecule has 21 heterocycles. The molecule has 19 aromatic rings. The van der Waals surface area contributed by atoms with Crippen molar-refractivity contribution in [3.05, 3.63) is 387 Å². The average molecular weight is 1550 g/mol. The Kier molecular flexibility index (Phi) is 18.2. The second-order valence-corrected chi connectivity index (χ2v) is 27.8. The van der Waals surface area contributed by atoms with E-state index in [1.54, 1.807) is 93.0 Å². The van der Waals surface area contributed by atoms with Crippen LogP contribution in [0.1, 0.15) is 45.6 Å². The number of hydrogen-bond acceptors (Lipinski definition) is 22. The highest BCUT2D eigenvalue weighted by molar-refractivity contribution is 6.09. The van der Waals surface area contributed by atoms with E-state index in [0.717, 1.165) is 0 Å². The SMILES string of the molecule is c1ccc(-c2ccc(-c3c(-c4ccnc(-c5ccccn5)c4)c4nc5nc(nc6[nH]c(nc7nc(nc3[nH]4)C(c3ccnc(-c4ccccn4)c3)=C7c3ccnc(-c4ccccn4)c3)c(-c3ccnc(-c4ccccn4)c3)c6-c3ccnc(-c4ccccn4)c3)C(c3ccnc(-c4ccccn4)c3)=C5c3ccnc(-c4ccccn4)c3)cn2)nc1. The maximum absolute atomic E-state index is 5.99. The van der Waals surface area contributed by atoms with Gasteiger partial charge in [-0.25, -0.2) is 29.9 Å². The number of rotatable bonds is 16. The summed E-state index contributed by atoms with van der Waals surface area (Å²) in [6.07, 6.45) is 28.2. The van der Waals surface area contributed by atoms with Crippen LogP contribution in [0.2, 0.25) is 0 Å². The topological polar surface area (TPSA) is 315 Å². The number of H-pyrrole nitrogens is 2. The summed E-state index contributed by atoms with van der Waals surface area (Å²) in [5.74, 6) is 0.941. The van der Waals surface area contributed by atoms with Crippen LogP contribution in [0.4, 0.5) is 0 Å². The number of hydrogen-bond donors (Lipinski definition) is 2. The van der Waals surface area contributed by atoms with Gasteiger partial charge < -0.3 is 9.97 Å². The molecule has 0 radical (unpaired) electrons. The van der Waals surface area contributed by atoms with Gasteiger partial charge in [-0.2, -0.15) is 0 Å². The fraction of sp³-hybridized carbons (Fsp3) is 0. The maximum Gasteiger partial charge on any atom is 0.165 e. The molecule has 120 heavy (non-hydrogen) atoms. The minimum atomic E-state index is 0.235. The lowest BCUT2D eigenvalue weighted by Gasteiger charge is -2.11. The van der Waals surface area contributed by atoms with Crippen LogP contribution in [0, 0.1) is 0 Å². The first-order valence-corrected chi connectivity index (χ1v) is 38.3. The van der Waals surface area contributed by atoms with Crippen LogP contribution in [0.15, 0.2) is 342 Å². The van der Waals surface area contributed by atoms with Crippen LogP contribution in [0.25, 0.3) is 180 Å². The van der Waals surface area contributed by atoms with E-state index in [4.69, 9.17) is 110 Å². The van der Waals surface area contributed by atoms with Crippen molar-refractivity contribution < 1.29 is 0 Å². The normalized spacial score (nSPS) is 11.9. The largest absolute Gasteiger partial charge is 0.324 e. The first-order valence-electron chi connectivity index (χ1n) is 38.3. The molecule has 0 saturated carbocycles. The zero-order chi connectivity index (χ0) is 79.7. The lowest BCUT2D eigenvalue weighted by molar-refractivity contribution is 1.10. The first kappa shape index (κ1) is 70.6. The van der Waals surface area contributed by atoms with E-state index in [1.807, 2.05) is 249 Å². The van der Waals surface area contributed by atoms with Crippen LogP contribution in [-0.4, -0.2) is 120 Å². The Morgan fingerprint density at radius 1 is 0.150 bits per heavy atom. The molecular weight excluding hydrogens is 1490 g/mol. The predicted molar refractivity (Wildman–Crippen MR) is 458 cm³/mol. The van der Waals surface area contributed by atoms with Gasteiger partial charge in [-0.3, -0.25) is 79.7 Å². The number of fused-ring (bicyclic) bond motifs is 8. The number of aromatic amines is 2. The molecular formula is C96H58N24. The predicted octanol–water partition coefficient (Wildman–Crippen LogP) is 18.2. The summed E-state index contributed by atoms with van der Waals surface area (Å²) in [4.78, 5) is 122. The molecule has 21 rings (SSSR count). The summed E-state index contributed by atoms with van der Waals surface area (Å²) in [5.41, 5.74) is 21.1. The van der Waals surface area contributed by atoms with Crippen molar-refractivity contribution in [2.24, 2.45) is 0 Å². The van der Waals surface area contributed by atoms with Gasteiger partial charge in [0.05, 0.1) is 91.1 Å². The highest BCUT2D eigenvalue weighted by Gasteiger charge is 2.33. The van der Waals surface area contributed by atoms with Gasteiger partial charge in [-0.15, -0.1) is 0 Å². The highest BCUT2D eigenvalue weighted by Crippen LogP contribution is 2.47. The van der Waals surface area contributed by atoms with Crippen molar-refractivity contribution in [2.45, 2.75) is 0 Å². The summed E-state index contributed by atoms with van der Waals surface area (Å²) >= 11 is 0. The molecule has 0 unspecified atom stereocenters.